The standard InChI is InChI=1S/C20H18N4/c1-14-7-9-21-18(11-14)23-20-17-6-4-3-5-16(17)13-24(20)19-12-15(2)8-10-22-19/h3-12H,13H2,1-2H3. The summed E-state index contributed by atoms with van der Waals surface area (Å²) in [5.41, 5.74) is 4.73. The van der Waals surface area contributed by atoms with Gasteiger partial charge in [-0.3, -0.25) is 0 Å². The van der Waals surface area contributed by atoms with Gasteiger partial charge in [0.15, 0.2) is 5.82 Å². The molecule has 0 amide bonds. The Morgan fingerprint density at radius 1 is 0.917 bits per heavy atom. The Hall–Kier alpha value is -3.01. The summed E-state index contributed by atoms with van der Waals surface area (Å²) in [4.78, 5) is 15.9. The van der Waals surface area contributed by atoms with E-state index < -0.39 is 0 Å². The molecule has 4 rings (SSSR count). The van der Waals surface area contributed by atoms with E-state index in [1.165, 1.54) is 11.1 Å². The molecule has 0 atom stereocenters. The smallest absolute Gasteiger partial charge is 0.154 e. The molecule has 4 heteroatoms. The number of benzene rings is 1. The Morgan fingerprint density at radius 2 is 1.67 bits per heavy atom. The summed E-state index contributed by atoms with van der Waals surface area (Å²) in [6.07, 6.45) is 3.64. The molecular formula is C20H18N4. The topological polar surface area (TPSA) is 41.4 Å². The maximum atomic E-state index is 4.84. The first kappa shape index (κ1) is 14.6. The maximum Gasteiger partial charge on any atom is 0.154 e. The number of amidine groups is 1. The molecule has 0 spiro atoms. The SMILES string of the molecule is Cc1ccnc(N=C2c3ccccc3CN2c2cc(C)ccn2)c1. The van der Waals surface area contributed by atoms with E-state index in [2.05, 4.69) is 46.1 Å². The van der Waals surface area contributed by atoms with Gasteiger partial charge in [0.25, 0.3) is 0 Å². The largest absolute Gasteiger partial charge is 0.306 e. The van der Waals surface area contributed by atoms with Crippen molar-refractivity contribution in [3.8, 4) is 0 Å². The number of aryl methyl sites for hydroxylation is 2. The van der Waals surface area contributed by atoms with Gasteiger partial charge in [0.2, 0.25) is 0 Å². The monoisotopic (exact) mass is 314 g/mol. The molecule has 0 N–H and O–H groups in total. The molecular weight excluding hydrogens is 296 g/mol. The van der Waals surface area contributed by atoms with Gasteiger partial charge in [-0.25, -0.2) is 15.0 Å². The summed E-state index contributed by atoms with van der Waals surface area (Å²) in [5, 5.41) is 0. The lowest BCUT2D eigenvalue weighted by Crippen LogP contribution is -2.25. The zero-order valence-corrected chi connectivity index (χ0v) is 13.8. The number of pyridine rings is 2. The van der Waals surface area contributed by atoms with E-state index in [0.717, 1.165) is 35.1 Å². The quantitative estimate of drug-likeness (QED) is 0.712. The molecule has 2 aromatic heterocycles. The second kappa shape index (κ2) is 5.89. The molecule has 4 nitrogen and oxygen atoms in total. The van der Waals surface area contributed by atoms with Crippen molar-refractivity contribution in [2.24, 2.45) is 4.99 Å². The minimum Gasteiger partial charge on any atom is -0.306 e. The third-order valence-electron chi connectivity index (χ3n) is 4.14. The van der Waals surface area contributed by atoms with Gasteiger partial charge >= 0.3 is 0 Å². The second-order valence-corrected chi connectivity index (χ2v) is 6.06. The predicted octanol–water partition coefficient (Wildman–Crippen LogP) is 4.19. The molecule has 3 heterocycles. The van der Waals surface area contributed by atoms with E-state index in [9.17, 15) is 0 Å². The van der Waals surface area contributed by atoms with Crippen LogP contribution in [0.2, 0.25) is 0 Å². The Morgan fingerprint density at radius 3 is 2.46 bits per heavy atom. The number of fused-ring (bicyclic) bond motifs is 1. The Balaban J connectivity index is 1.85. The predicted molar refractivity (Wildman–Crippen MR) is 96.8 cm³/mol. The number of hydrogen-bond donors (Lipinski definition) is 0. The van der Waals surface area contributed by atoms with Crippen LogP contribution in [0.1, 0.15) is 22.3 Å². The maximum absolute atomic E-state index is 4.84. The number of anilines is 1. The van der Waals surface area contributed by atoms with Crippen molar-refractivity contribution in [2.75, 3.05) is 4.90 Å². The Kier molecular flexibility index (Phi) is 3.58. The molecule has 0 aliphatic carbocycles. The first-order valence-corrected chi connectivity index (χ1v) is 8.00. The van der Waals surface area contributed by atoms with Gasteiger partial charge in [0.1, 0.15) is 11.7 Å². The van der Waals surface area contributed by atoms with Crippen molar-refractivity contribution in [3.05, 3.63) is 83.2 Å². The molecule has 0 fully saturated rings. The molecule has 0 bridgehead atoms. The number of rotatable bonds is 2. The lowest BCUT2D eigenvalue weighted by atomic mass is 10.1. The van der Waals surface area contributed by atoms with Gasteiger partial charge in [0.05, 0.1) is 6.54 Å². The van der Waals surface area contributed by atoms with Gasteiger partial charge in [-0.05, 0) is 54.8 Å². The van der Waals surface area contributed by atoms with E-state index in [1.54, 1.807) is 6.20 Å². The Labute approximate surface area is 141 Å². The molecule has 0 saturated carbocycles. The van der Waals surface area contributed by atoms with Gasteiger partial charge in [-0.2, -0.15) is 0 Å². The molecule has 118 valence electrons. The third-order valence-corrected chi connectivity index (χ3v) is 4.14. The van der Waals surface area contributed by atoms with Crippen molar-refractivity contribution in [2.45, 2.75) is 20.4 Å². The fraction of sp³-hybridized carbons (Fsp3) is 0.150. The average molecular weight is 314 g/mol. The lowest BCUT2D eigenvalue weighted by Gasteiger charge is -2.18. The van der Waals surface area contributed by atoms with E-state index in [-0.39, 0.29) is 0 Å². The summed E-state index contributed by atoms with van der Waals surface area (Å²) in [6.45, 7) is 4.90. The normalized spacial score (nSPS) is 14.9. The van der Waals surface area contributed by atoms with Gasteiger partial charge < -0.3 is 4.90 Å². The van der Waals surface area contributed by atoms with Crippen LogP contribution in [0.4, 0.5) is 11.6 Å². The van der Waals surface area contributed by atoms with E-state index in [1.807, 2.05) is 37.4 Å². The number of nitrogens with zero attached hydrogens (tertiary/aromatic N) is 4. The minimum atomic E-state index is 0.722. The summed E-state index contributed by atoms with van der Waals surface area (Å²) in [5.74, 6) is 2.54. The third kappa shape index (κ3) is 2.67. The highest BCUT2D eigenvalue weighted by molar-refractivity contribution is 6.14. The van der Waals surface area contributed by atoms with E-state index >= 15 is 0 Å². The van der Waals surface area contributed by atoms with Crippen LogP contribution in [0.15, 0.2) is 65.9 Å². The van der Waals surface area contributed by atoms with Gasteiger partial charge in [0, 0.05) is 18.0 Å². The van der Waals surface area contributed by atoms with Crippen molar-refractivity contribution < 1.29 is 0 Å². The fourth-order valence-electron chi connectivity index (χ4n) is 2.93. The molecule has 0 radical (unpaired) electrons. The molecule has 1 aliphatic heterocycles. The van der Waals surface area contributed by atoms with E-state index in [4.69, 9.17) is 4.99 Å². The number of aliphatic imine (C=N–C) groups is 1. The minimum absolute atomic E-state index is 0.722. The number of aromatic nitrogens is 2. The first-order chi connectivity index (χ1) is 11.7. The fourth-order valence-corrected chi connectivity index (χ4v) is 2.93. The zero-order valence-electron chi connectivity index (χ0n) is 13.8. The summed E-state index contributed by atoms with van der Waals surface area (Å²) >= 11 is 0. The molecule has 0 unspecified atom stereocenters. The van der Waals surface area contributed by atoms with Crippen molar-refractivity contribution in [1.29, 1.82) is 0 Å². The van der Waals surface area contributed by atoms with Crippen LogP contribution >= 0.6 is 0 Å². The highest BCUT2D eigenvalue weighted by Gasteiger charge is 2.27. The van der Waals surface area contributed by atoms with Crippen LogP contribution in [0, 0.1) is 13.8 Å². The van der Waals surface area contributed by atoms with Crippen LogP contribution in [0.25, 0.3) is 0 Å². The molecule has 24 heavy (non-hydrogen) atoms. The van der Waals surface area contributed by atoms with Crippen molar-refractivity contribution in [1.82, 2.24) is 9.97 Å². The molecule has 3 aromatic rings. The summed E-state index contributed by atoms with van der Waals surface area (Å²) in [6, 6.07) is 16.4. The highest BCUT2D eigenvalue weighted by Crippen LogP contribution is 2.29. The molecule has 1 aromatic carbocycles. The lowest BCUT2D eigenvalue weighted by molar-refractivity contribution is 1.01. The van der Waals surface area contributed by atoms with Crippen LogP contribution in [0.5, 0.6) is 0 Å². The van der Waals surface area contributed by atoms with E-state index in [0.29, 0.717) is 0 Å². The van der Waals surface area contributed by atoms with Gasteiger partial charge in [-0.1, -0.05) is 24.3 Å². The summed E-state index contributed by atoms with van der Waals surface area (Å²) < 4.78 is 0. The summed E-state index contributed by atoms with van der Waals surface area (Å²) in [7, 11) is 0. The van der Waals surface area contributed by atoms with Crippen LogP contribution in [-0.2, 0) is 6.54 Å². The highest BCUT2D eigenvalue weighted by atomic mass is 15.3. The molecule has 1 aliphatic rings. The van der Waals surface area contributed by atoms with Gasteiger partial charge in [-0.15, -0.1) is 0 Å². The van der Waals surface area contributed by atoms with Crippen molar-refractivity contribution >= 4 is 17.5 Å². The Bertz CT molecular complexity index is 930. The first-order valence-electron chi connectivity index (χ1n) is 8.00. The zero-order chi connectivity index (χ0) is 16.5. The molecule has 0 saturated heterocycles. The van der Waals surface area contributed by atoms with Crippen LogP contribution in [-0.4, -0.2) is 15.8 Å². The van der Waals surface area contributed by atoms with Crippen LogP contribution < -0.4 is 4.90 Å². The average Bonchev–Trinajstić information content (AvgIpc) is 2.94. The second-order valence-electron chi connectivity index (χ2n) is 6.06. The van der Waals surface area contributed by atoms with Crippen molar-refractivity contribution in [3.63, 3.8) is 0 Å². The van der Waals surface area contributed by atoms with Crippen LogP contribution in [0.3, 0.4) is 0 Å². The number of hydrogen-bond acceptors (Lipinski definition) is 3.